The third-order valence-corrected chi connectivity index (χ3v) is 5.27. The van der Waals surface area contributed by atoms with Crippen molar-refractivity contribution in [1.82, 2.24) is 4.90 Å². The number of likely N-dealkylation sites (tertiary alicyclic amines) is 1. The Morgan fingerprint density at radius 3 is 2.89 bits per heavy atom. The Hall–Kier alpha value is -0.880. The molecule has 4 nitrogen and oxygen atoms in total. The second-order valence-electron chi connectivity index (χ2n) is 4.42. The van der Waals surface area contributed by atoms with Gasteiger partial charge in [0.1, 0.15) is 0 Å². The van der Waals surface area contributed by atoms with Crippen molar-refractivity contribution in [3.63, 3.8) is 0 Å². The molecule has 1 amide bonds. The number of aliphatic carboxylic acids is 1. The molecule has 2 unspecified atom stereocenters. The number of carbonyl (C=O) groups excluding carboxylic acids is 1. The van der Waals surface area contributed by atoms with Crippen LogP contribution in [0.25, 0.3) is 0 Å². The highest BCUT2D eigenvalue weighted by Crippen LogP contribution is 2.40. The monoisotopic (exact) mass is 331 g/mol. The van der Waals surface area contributed by atoms with Crippen molar-refractivity contribution < 1.29 is 14.7 Å². The summed E-state index contributed by atoms with van der Waals surface area (Å²) in [6.07, 6.45) is 1.61. The first-order valence-corrected chi connectivity index (χ1v) is 7.41. The molecule has 6 heteroatoms. The molecule has 2 atom stereocenters. The smallest absolute Gasteiger partial charge is 0.308 e. The Bertz CT molecular complexity index is 474. The zero-order valence-electron chi connectivity index (χ0n) is 9.93. The van der Waals surface area contributed by atoms with Gasteiger partial charge in [-0.3, -0.25) is 9.59 Å². The fraction of sp³-hybridized carbons (Fsp3) is 0.500. The largest absolute Gasteiger partial charge is 0.481 e. The SMILES string of the molecule is CN1C(=O)CCCC(C(=O)O)C1c1sccc1Br. The minimum absolute atomic E-state index is 0.0176. The molecular formula is C12H14BrNO3S. The lowest BCUT2D eigenvalue weighted by atomic mass is 9.94. The number of carbonyl (C=O) groups is 2. The van der Waals surface area contributed by atoms with E-state index in [2.05, 4.69) is 15.9 Å². The van der Waals surface area contributed by atoms with E-state index >= 15 is 0 Å². The Labute approximate surface area is 118 Å². The highest BCUT2D eigenvalue weighted by atomic mass is 79.9. The predicted molar refractivity (Wildman–Crippen MR) is 72.5 cm³/mol. The summed E-state index contributed by atoms with van der Waals surface area (Å²) in [5.41, 5.74) is 0. The molecule has 98 valence electrons. The quantitative estimate of drug-likeness (QED) is 0.906. The highest BCUT2D eigenvalue weighted by molar-refractivity contribution is 9.10. The molecule has 0 saturated carbocycles. The van der Waals surface area contributed by atoms with Crippen LogP contribution in [-0.2, 0) is 9.59 Å². The molecule has 18 heavy (non-hydrogen) atoms. The molecule has 1 aromatic rings. The van der Waals surface area contributed by atoms with Gasteiger partial charge in [-0.25, -0.2) is 0 Å². The van der Waals surface area contributed by atoms with Crippen molar-refractivity contribution >= 4 is 39.1 Å². The van der Waals surface area contributed by atoms with E-state index in [1.54, 1.807) is 11.9 Å². The topological polar surface area (TPSA) is 57.6 Å². The molecule has 2 heterocycles. The molecule has 1 aliphatic rings. The van der Waals surface area contributed by atoms with Crippen molar-refractivity contribution in [1.29, 1.82) is 0 Å². The second kappa shape index (κ2) is 5.40. The van der Waals surface area contributed by atoms with Crippen LogP contribution in [0.1, 0.15) is 30.2 Å². The van der Waals surface area contributed by atoms with Crippen LogP contribution in [0.5, 0.6) is 0 Å². The number of nitrogens with zero attached hydrogens (tertiary/aromatic N) is 1. The lowest BCUT2D eigenvalue weighted by Gasteiger charge is -2.29. The number of rotatable bonds is 2. The number of amides is 1. The van der Waals surface area contributed by atoms with Crippen LogP contribution in [-0.4, -0.2) is 28.9 Å². The van der Waals surface area contributed by atoms with Crippen molar-refractivity contribution in [3.05, 3.63) is 20.8 Å². The lowest BCUT2D eigenvalue weighted by Crippen LogP contribution is -2.35. The first-order valence-electron chi connectivity index (χ1n) is 5.73. The van der Waals surface area contributed by atoms with Gasteiger partial charge in [0, 0.05) is 22.8 Å². The van der Waals surface area contributed by atoms with Crippen molar-refractivity contribution in [2.45, 2.75) is 25.3 Å². The van der Waals surface area contributed by atoms with Crippen molar-refractivity contribution in [3.8, 4) is 0 Å². The number of hydrogen-bond acceptors (Lipinski definition) is 3. The molecule has 1 aliphatic heterocycles. The van der Waals surface area contributed by atoms with E-state index in [-0.39, 0.29) is 11.9 Å². The third-order valence-electron chi connectivity index (χ3n) is 3.33. The van der Waals surface area contributed by atoms with Gasteiger partial charge in [0.25, 0.3) is 0 Å². The predicted octanol–water partition coefficient (Wildman–Crippen LogP) is 2.89. The summed E-state index contributed by atoms with van der Waals surface area (Å²) in [6, 6.07) is 1.52. The zero-order valence-corrected chi connectivity index (χ0v) is 12.3. The zero-order chi connectivity index (χ0) is 13.3. The first kappa shape index (κ1) is 13.5. The molecule has 1 saturated heterocycles. The van der Waals surface area contributed by atoms with Gasteiger partial charge >= 0.3 is 5.97 Å². The normalized spacial score (nSPS) is 25.0. The molecular weight excluding hydrogens is 318 g/mol. The summed E-state index contributed by atoms with van der Waals surface area (Å²) in [4.78, 5) is 25.9. The van der Waals surface area contributed by atoms with E-state index in [4.69, 9.17) is 0 Å². The van der Waals surface area contributed by atoms with E-state index in [0.29, 0.717) is 19.3 Å². The Morgan fingerprint density at radius 1 is 1.61 bits per heavy atom. The van der Waals surface area contributed by atoms with Gasteiger partial charge in [-0.1, -0.05) is 0 Å². The van der Waals surface area contributed by atoms with Crippen molar-refractivity contribution in [2.75, 3.05) is 7.05 Å². The molecule has 2 rings (SSSR count). The van der Waals surface area contributed by atoms with Gasteiger partial charge < -0.3 is 10.0 Å². The van der Waals surface area contributed by atoms with Crippen LogP contribution in [0.4, 0.5) is 0 Å². The molecule has 1 aromatic heterocycles. The summed E-state index contributed by atoms with van der Waals surface area (Å²) in [5.74, 6) is -1.35. The Kier molecular flexibility index (Phi) is 4.07. The van der Waals surface area contributed by atoms with Gasteiger partial charge in [-0.05, 0) is 40.2 Å². The maximum absolute atomic E-state index is 11.9. The van der Waals surface area contributed by atoms with Gasteiger partial charge in [0.15, 0.2) is 0 Å². The maximum atomic E-state index is 11.9. The van der Waals surface area contributed by atoms with Crippen LogP contribution >= 0.6 is 27.3 Å². The molecule has 1 fully saturated rings. The van der Waals surface area contributed by atoms with Crippen LogP contribution < -0.4 is 0 Å². The maximum Gasteiger partial charge on any atom is 0.308 e. The molecule has 1 N–H and O–H groups in total. The van der Waals surface area contributed by atoms with Gasteiger partial charge in [-0.2, -0.15) is 0 Å². The minimum atomic E-state index is -0.832. The van der Waals surface area contributed by atoms with E-state index in [1.165, 1.54) is 11.3 Å². The Morgan fingerprint density at radius 2 is 2.33 bits per heavy atom. The lowest BCUT2D eigenvalue weighted by molar-refractivity contribution is -0.145. The standard InChI is InChI=1S/C12H14BrNO3S/c1-14-9(15)4-2-3-7(12(16)17)10(14)11-8(13)5-6-18-11/h5-7,10H,2-4H2,1H3,(H,16,17). The fourth-order valence-corrected chi connectivity index (χ4v) is 4.18. The van der Waals surface area contributed by atoms with Crippen LogP contribution in [0, 0.1) is 5.92 Å². The fourth-order valence-electron chi connectivity index (χ4n) is 2.37. The van der Waals surface area contributed by atoms with E-state index in [0.717, 1.165) is 9.35 Å². The number of hydrogen-bond donors (Lipinski definition) is 1. The molecule has 0 aromatic carbocycles. The van der Waals surface area contributed by atoms with Gasteiger partial charge in [0.05, 0.1) is 12.0 Å². The van der Waals surface area contributed by atoms with E-state index in [1.807, 2.05) is 11.4 Å². The summed E-state index contributed by atoms with van der Waals surface area (Å²) in [5, 5.41) is 11.3. The van der Waals surface area contributed by atoms with Gasteiger partial charge in [-0.15, -0.1) is 11.3 Å². The minimum Gasteiger partial charge on any atom is -0.481 e. The molecule has 0 spiro atoms. The number of thiophene rings is 1. The summed E-state index contributed by atoms with van der Waals surface area (Å²) in [7, 11) is 1.69. The van der Waals surface area contributed by atoms with Gasteiger partial charge in [0.2, 0.25) is 5.91 Å². The second-order valence-corrected chi connectivity index (χ2v) is 6.22. The summed E-state index contributed by atoms with van der Waals surface area (Å²) >= 11 is 4.92. The summed E-state index contributed by atoms with van der Waals surface area (Å²) < 4.78 is 0.880. The average Bonchev–Trinajstić information content (AvgIpc) is 2.66. The highest BCUT2D eigenvalue weighted by Gasteiger charge is 2.38. The first-order chi connectivity index (χ1) is 8.52. The third kappa shape index (κ3) is 2.44. The summed E-state index contributed by atoms with van der Waals surface area (Å²) in [6.45, 7) is 0. The molecule has 0 radical (unpaired) electrons. The van der Waals surface area contributed by atoms with Crippen LogP contribution in [0.2, 0.25) is 0 Å². The average molecular weight is 332 g/mol. The molecule has 0 bridgehead atoms. The van der Waals surface area contributed by atoms with E-state index < -0.39 is 11.9 Å². The number of halogens is 1. The Balaban J connectivity index is 2.44. The number of carboxylic acids is 1. The molecule has 0 aliphatic carbocycles. The number of carboxylic acid groups (broad SMARTS) is 1. The van der Waals surface area contributed by atoms with E-state index in [9.17, 15) is 14.7 Å². The van der Waals surface area contributed by atoms with Crippen molar-refractivity contribution in [2.24, 2.45) is 5.92 Å². The van der Waals surface area contributed by atoms with Crippen LogP contribution in [0.3, 0.4) is 0 Å². The van der Waals surface area contributed by atoms with Crippen LogP contribution in [0.15, 0.2) is 15.9 Å².